The summed E-state index contributed by atoms with van der Waals surface area (Å²) in [5.41, 5.74) is 5.81. The van der Waals surface area contributed by atoms with E-state index in [4.69, 9.17) is 10.3 Å². The first-order valence-electron chi connectivity index (χ1n) is 6.32. The maximum Gasteiger partial charge on any atom is 0.238 e. The highest BCUT2D eigenvalue weighted by Gasteiger charge is 2.41. The normalized spacial score (nSPS) is 15.3. The number of sulfone groups is 1. The van der Waals surface area contributed by atoms with Crippen molar-refractivity contribution in [3.05, 3.63) is 23.6 Å². The second-order valence-electron chi connectivity index (χ2n) is 4.90. The summed E-state index contributed by atoms with van der Waals surface area (Å²) >= 11 is 0. The number of aromatic nitrogens is 1. The van der Waals surface area contributed by atoms with Crippen LogP contribution >= 0.6 is 0 Å². The second-order valence-corrected chi connectivity index (χ2v) is 7.34. The van der Waals surface area contributed by atoms with Gasteiger partial charge in [-0.15, -0.1) is 0 Å². The smallest absolute Gasteiger partial charge is 0.238 e. The summed E-state index contributed by atoms with van der Waals surface area (Å²) < 4.78 is 26.9. The van der Waals surface area contributed by atoms with Crippen molar-refractivity contribution in [3.8, 4) is 0 Å². The van der Waals surface area contributed by atoms with E-state index in [1.54, 1.807) is 12.1 Å². The summed E-state index contributed by atoms with van der Waals surface area (Å²) in [6.45, 7) is 3.33. The first kappa shape index (κ1) is 16.4. The lowest BCUT2D eigenvalue weighted by molar-refractivity contribution is -0.120. The van der Waals surface area contributed by atoms with Crippen molar-refractivity contribution < 1.29 is 17.7 Å². The molecular formula is C13H20N2O4S. The molecule has 0 spiro atoms. The van der Waals surface area contributed by atoms with Crippen LogP contribution in [0.25, 0.3) is 6.08 Å². The van der Waals surface area contributed by atoms with E-state index in [2.05, 4.69) is 5.16 Å². The number of amides is 1. The van der Waals surface area contributed by atoms with Gasteiger partial charge in [-0.25, -0.2) is 8.42 Å². The van der Waals surface area contributed by atoms with Crippen LogP contribution in [0.2, 0.25) is 0 Å². The first-order chi connectivity index (χ1) is 9.20. The quantitative estimate of drug-likeness (QED) is 0.818. The van der Waals surface area contributed by atoms with Crippen molar-refractivity contribution in [3.63, 3.8) is 0 Å². The molecule has 1 rings (SSSR count). The molecule has 1 atom stereocenters. The van der Waals surface area contributed by atoms with Gasteiger partial charge in [0.05, 0.1) is 5.69 Å². The molecule has 1 aromatic rings. The number of carbonyl (C=O) groups is 1. The predicted molar refractivity (Wildman–Crippen MR) is 76.6 cm³/mol. The maximum absolute atomic E-state index is 11.7. The number of aryl methyl sites for hydroxylation is 1. The molecule has 0 bridgehead atoms. The fourth-order valence-electron chi connectivity index (χ4n) is 1.62. The Bertz CT molecular complexity index is 604. The fourth-order valence-corrected chi connectivity index (χ4v) is 2.45. The molecule has 0 aliphatic rings. The third kappa shape index (κ3) is 3.69. The number of rotatable bonds is 7. The lowest BCUT2D eigenvalue weighted by atomic mass is 10.0. The number of carbonyl (C=O) groups excluding carboxylic acids is 1. The van der Waals surface area contributed by atoms with Crippen molar-refractivity contribution in [2.24, 2.45) is 5.73 Å². The molecule has 1 heterocycles. The largest absolute Gasteiger partial charge is 0.368 e. The van der Waals surface area contributed by atoms with Crippen LogP contribution in [0, 0.1) is 0 Å². The minimum Gasteiger partial charge on any atom is -0.368 e. The van der Waals surface area contributed by atoms with Crippen molar-refractivity contribution in [2.75, 3.05) is 6.26 Å². The molecule has 0 saturated heterocycles. The Morgan fingerprint density at radius 1 is 1.55 bits per heavy atom. The molecule has 2 N–H and O–H groups in total. The van der Waals surface area contributed by atoms with Crippen LogP contribution in [-0.4, -0.2) is 30.5 Å². The average molecular weight is 300 g/mol. The Hall–Kier alpha value is -1.63. The van der Waals surface area contributed by atoms with Gasteiger partial charge in [-0.1, -0.05) is 18.2 Å². The molecule has 1 unspecified atom stereocenters. The third-order valence-corrected chi connectivity index (χ3v) is 5.33. The zero-order valence-electron chi connectivity index (χ0n) is 11.9. The Morgan fingerprint density at radius 2 is 2.20 bits per heavy atom. The molecule has 0 saturated carbocycles. The monoisotopic (exact) mass is 300 g/mol. The molecule has 0 aromatic carbocycles. The van der Waals surface area contributed by atoms with Gasteiger partial charge in [0.1, 0.15) is 4.75 Å². The Balaban J connectivity index is 2.82. The van der Waals surface area contributed by atoms with E-state index in [9.17, 15) is 13.2 Å². The van der Waals surface area contributed by atoms with Crippen LogP contribution in [-0.2, 0) is 21.1 Å². The maximum atomic E-state index is 11.7. The van der Waals surface area contributed by atoms with Gasteiger partial charge in [0.25, 0.3) is 0 Å². The molecule has 20 heavy (non-hydrogen) atoms. The number of hydrogen-bond donors (Lipinski definition) is 1. The molecular weight excluding hydrogens is 280 g/mol. The summed E-state index contributed by atoms with van der Waals surface area (Å²) in [4.78, 5) is 11.4. The molecule has 112 valence electrons. The fraction of sp³-hybridized carbons (Fsp3) is 0.538. The van der Waals surface area contributed by atoms with Crippen LogP contribution < -0.4 is 5.73 Å². The van der Waals surface area contributed by atoms with Gasteiger partial charge in [0.2, 0.25) is 5.91 Å². The van der Waals surface area contributed by atoms with Gasteiger partial charge < -0.3 is 10.3 Å². The molecule has 1 aromatic heterocycles. The van der Waals surface area contributed by atoms with Gasteiger partial charge in [-0.05, 0) is 32.3 Å². The highest BCUT2D eigenvalue weighted by molar-refractivity contribution is 7.92. The van der Waals surface area contributed by atoms with Crippen LogP contribution in [0.4, 0.5) is 0 Å². The Morgan fingerprint density at radius 3 is 2.70 bits per heavy atom. The highest BCUT2D eigenvalue weighted by Crippen LogP contribution is 2.23. The number of hydrogen-bond acceptors (Lipinski definition) is 5. The van der Waals surface area contributed by atoms with Gasteiger partial charge in [-0.3, -0.25) is 4.79 Å². The zero-order chi connectivity index (χ0) is 15.4. The SMILES string of the molecule is CC/C=C/c1cc(CCC(C)(C(N)=O)S(C)(=O)=O)no1. The first-order valence-corrected chi connectivity index (χ1v) is 8.21. The van der Waals surface area contributed by atoms with Gasteiger partial charge in [0.15, 0.2) is 15.6 Å². The summed E-state index contributed by atoms with van der Waals surface area (Å²) in [5, 5.41) is 3.84. The minimum atomic E-state index is -3.59. The van der Waals surface area contributed by atoms with E-state index in [1.165, 1.54) is 6.92 Å². The standard InChI is InChI=1S/C13H20N2O4S/c1-4-5-6-11-9-10(15-19-11)7-8-13(2,12(14)16)20(3,17)18/h5-6,9H,4,7-8H2,1-3H3,(H2,14,16)/b6-5+. The molecule has 0 fully saturated rings. The number of nitrogens with zero attached hydrogens (tertiary/aromatic N) is 1. The van der Waals surface area contributed by atoms with Crippen LogP contribution in [0.1, 0.15) is 38.1 Å². The lowest BCUT2D eigenvalue weighted by Gasteiger charge is -2.23. The summed E-state index contributed by atoms with van der Waals surface area (Å²) in [7, 11) is -3.59. The van der Waals surface area contributed by atoms with Gasteiger partial charge in [0, 0.05) is 12.3 Å². The number of nitrogens with two attached hydrogens (primary N) is 1. The number of primary amides is 1. The molecule has 1 amide bonds. The van der Waals surface area contributed by atoms with E-state index >= 15 is 0 Å². The van der Waals surface area contributed by atoms with Crippen LogP contribution in [0.15, 0.2) is 16.7 Å². The lowest BCUT2D eigenvalue weighted by Crippen LogP contribution is -2.47. The topological polar surface area (TPSA) is 103 Å². The highest BCUT2D eigenvalue weighted by atomic mass is 32.2. The van der Waals surface area contributed by atoms with Gasteiger partial charge in [-0.2, -0.15) is 0 Å². The summed E-state index contributed by atoms with van der Waals surface area (Å²) in [5.74, 6) is -0.253. The van der Waals surface area contributed by atoms with E-state index in [0.29, 0.717) is 17.9 Å². The van der Waals surface area contributed by atoms with Crippen LogP contribution in [0.3, 0.4) is 0 Å². The third-order valence-electron chi connectivity index (χ3n) is 3.29. The van der Waals surface area contributed by atoms with Crippen molar-refractivity contribution in [1.82, 2.24) is 5.16 Å². The summed E-state index contributed by atoms with van der Waals surface area (Å²) in [6, 6.07) is 1.72. The Kier molecular flexibility index (Phi) is 5.10. The minimum absolute atomic E-state index is 0.0740. The second kappa shape index (κ2) is 6.21. The molecule has 7 heteroatoms. The Labute approximate surface area is 118 Å². The van der Waals surface area contributed by atoms with Crippen molar-refractivity contribution >= 4 is 21.8 Å². The van der Waals surface area contributed by atoms with Crippen molar-refractivity contribution in [2.45, 2.75) is 37.9 Å². The van der Waals surface area contributed by atoms with E-state index in [-0.39, 0.29) is 6.42 Å². The van der Waals surface area contributed by atoms with Crippen molar-refractivity contribution in [1.29, 1.82) is 0 Å². The molecule has 0 aliphatic carbocycles. The van der Waals surface area contributed by atoms with E-state index in [0.717, 1.165) is 12.7 Å². The van der Waals surface area contributed by atoms with E-state index < -0.39 is 20.5 Å². The molecule has 0 aliphatic heterocycles. The van der Waals surface area contributed by atoms with Gasteiger partial charge >= 0.3 is 0 Å². The van der Waals surface area contributed by atoms with E-state index in [1.807, 2.05) is 13.0 Å². The molecule has 6 nitrogen and oxygen atoms in total. The molecule has 0 radical (unpaired) electrons. The number of allylic oxidation sites excluding steroid dienone is 1. The van der Waals surface area contributed by atoms with Crippen LogP contribution in [0.5, 0.6) is 0 Å². The summed E-state index contributed by atoms with van der Waals surface area (Å²) in [6.07, 6.45) is 5.98. The predicted octanol–water partition coefficient (Wildman–Crippen LogP) is 1.32. The zero-order valence-corrected chi connectivity index (χ0v) is 12.7. The average Bonchev–Trinajstić information content (AvgIpc) is 2.79.